The summed E-state index contributed by atoms with van der Waals surface area (Å²) in [6.07, 6.45) is 3.13. The molecule has 0 unspecified atom stereocenters. The van der Waals surface area contributed by atoms with Gasteiger partial charge in [0.25, 0.3) is 5.91 Å². The standard InChI is InChI=1S/C23H18Cl2N4OS/c24-19-8-9-20(25)22(11-19)31-13-16-4-3-6-17(10-16)23(30)28-21-7-2-1-5-18(21)12-29-15-26-14-27-29/h1-11,14-15H,12-13H2,(H,28,30). The van der Waals surface area contributed by atoms with Gasteiger partial charge in [-0.3, -0.25) is 4.79 Å². The van der Waals surface area contributed by atoms with Crippen LogP contribution in [0.25, 0.3) is 0 Å². The first-order valence-corrected chi connectivity index (χ1v) is 11.2. The zero-order valence-electron chi connectivity index (χ0n) is 16.3. The monoisotopic (exact) mass is 468 g/mol. The number of nitrogens with zero attached hydrogens (tertiary/aromatic N) is 3. The van der Waals surface area contributed by atoms with E-state index < -0.39 is 0 Å². The van der Waals surface area contributed by atoms with Crippen LogP contribution in [-0.2, 0) is 12.3 Å². The number of hydrogen-bond donors (Lipinski definition) is 1. The summed E-state index contributed by atoms with van der Waals surface area (Å²) >= 11 is 13.9. The first-order chi connectivity index (χ1) is 15.1. The number of carbonyl (C=O) groups is 1. The summed E-state index contributed by atoms with van der Waals surface area (Å²) in [6, 6.07) is 20.6. The first-order valence-electron chi connectivity index (χ1n) is 9.47. The van der Waals surface area contributed by atoms with Crippen LogP contribution >= 0.6 is 35.0 Å². The van der Waals surface area contributed by atoms with Crippen LogP contribution in [-0.4, -0.2) is 20.7 Å². The molecule has 0 fully saturated rings. The molecule has 0 aliphatic rings. The Hall–Kier alpha value is -2.80. The molecule has 3 aromatic carbocycles. The highest BCUT2D eigenvalue weighted by Gasteiger charge is 2.11. The van der Waals surface area contributed by atoms with Crippen molar-refractivity contribution in [3.05, 3.63) is 106 Å². The van der Waals surface area contributed by atoms with Gasteiger partial charge in [0.2, 0.25) is 0 Å². The molecular formula is C23H18Cl2N4OS. The third kappa shape index (κ3) is 5.67. The van der Waals surface area contributed by atoms with E-state index in [1.54, 1.807) is 41.0 Å². The van der Waals surface area contributed by atoms with E-state index >= 15 is 0 Å². The van der Waals surface area contributed by atoms with Crippen LogP contribution in [0.2, 0.25) is 10.0 Å². The minimum Gasteiger partial charge on any atom is -0.322 e. The summed E-state index contributed by atoms with van der Waals surface area (Å²) in [5.41, 5.74) is 3.30. The molecule has 5 nitrogen and oxygen atoms in total. The molecule has 0 aliphatic carbocycles. The summed E-state index contributed by atoms with van der Waals surface area (Å²) in [5, 5.41) is 8.45. The van der Waals surface area contributed by atoms with Gasteiger partial charge in [-0.1, -0.05) is 53.5 Å². The maximum atomic E-state index is 12.9. The van der Waals surface area contributed by atoms with Gasteiger partial charge in [0.05, 0.1) is 11.6 Å². The molecule has 156 valence electrons. The summed E-state index contributed by atoms with van der Waals surface area (Å²) < 4.78 is 1.71. The van der Waals surface area contributed by atoms with Gasteiger partial charge in [0.1, 0.15) is 12.7 Å². The molecule has 1 amide bonds. The van der Waals surface area contributed by atoms with Crippen molar-refractivity contribution in [1.29, 1.82) is 0 Å². The second-order valence-corrected chi connectivity index (χ2v) is 8.63. The van der Waals surface area contributed by atoms with Crippen LogP contribution in [0.15, 0.2) is 84.3 Å². The normalized spacial score (nSPS) is 10.8. The van der Waals surface area contributed by atoms with Crippen LogP contribution in [0.3, 0.4) is 0 Å². The van der Waals surface area contributed by atoms with Gasteiger partial charge in [-0.25, -0.2) is 9.67 Å². The number of carbonyl (C=O) groups excluding carboxylic acids is 1. The Morgan fingerprint density at radius 2 is 1.90 bits per heavy atom. The maximum absolute atomic E-state index is 12.9. The highest BCUT2D eigenvalue weighted by atomic mass is 35.5. The van der Waals surface area contributed by atoms with Crippen molar-refractivity contribution < 1.29 is 4.79 Å². The number of amides is 1. The van der Waals surface area contributed by atoms with Gasteiger partial charge >= 0.3 is 0 Å². The zero-order valence-corrected chi connectivity index (χ0v) is 18.7. The predicted molar refractivity (Wildman–Crippen MR) is 126 cm³/mol. The average Bonchev–Trinajstić information content (AvgIpc) is 3.29. The molecule has 4 aromatic rings. The number of anilines is 1. The second kappa shape index (κ2) is 10.0. The Kier molecular flexibility index (Phi) is 6.92. The maximum Gasteiger partial charge on any atom is 0.255 e. The van der Waals surface area contributed by atoms with Gasteiger partial charge in [-0.05, 0) is 47.5 Å². The molecule has 0 saturated carbocycles. The van der Waals surface area contributed by atoms with E-state index in [2.05, 4.69) is 15.4 Å². The second-order valence-electron chi connectivity index (χ2n) is 6.77. The number of hydrogen-bond acceptors (Lipinski definition) is 4. The van der Waals surface area contributed by atoms with Crippen molar-refractivity contribution >= 4 is 46.6 Å². The number of halogens is 2. The van der Waals surface area contributed by atoms with E-state index in [-0.39, 0.29) is 5.91 Å². The Balaban J connectivity index is 1.46. The largest absolute Gasteiger partial charge is 0.322 e. The van der Waals surface area contributed by atoms with E-state index in [0.29, 0.717) is 27.9 Å². The number of rotatable bonds is 7. The molecule has 8 heteroatoms. The fourth-order valence-electron chi connectivity index (χ4n) is 3.01. The van der Waals surface area contributed by atoms with Crippen LogP contribution in [0.5, 0.6) is 0 Å². The Morgan fingerprint density at radius 1 is 1.03 bits per heavy atom. The van der Waals surface area contributed by atoms with Crippen molar-refractivity contribution in [3.63, 3.8) is 0 Å². The van der Waals surface area contributed by atoms with E-state index in [4.69, 9.17) is 23.2 Å². The molecule has 0 radical (unpaired) electrons. The molecule has 0 saturated heterocycles. The first kappa shape index (κ1) is 21.4. The molecule has 4 rings (SSSR count). The fraction of sp³-hybridized carbons (Fsp3) is 0.0870. The highest BCUT2D eigenvalue weighted by Crippen LogP contribution is 2.32. The SMILES string of the molecule is O=C(Nc1ccccc1Cn1cncn1)c1cccc(CSc2cc(Cl)ccc2Cl)c1. The molecule has 31 heavy (non-hydrogen) atoms. The number of nitrogens with one attached hydrogen (secondary N) is 1. The van der Waals surface area contributed by atoms with E-state index in [9.17, 15) is 4.79 Å². The topological polar surface area (TPSA) is 59.8 Å². The molecule has 1 heterocycles. The van der Waals surface area contributed by atoms with Crippen molar-refractivity contribution in [2.24, 2.45) is 0 Å². The fourth-order valence-corrected chi connectivity index (χ4v) is 4.45. The van der Waals surface area contributed by atoms with Crippen molar-refractivity contribution in [3.8, 4) is 0 Å². The lowest BCUT2D eigenvalue weighted by atomic mass is 10.1. The van der Waals surface area contributed by atoms with Crippen molar-refractivity contribution in [2.75, 3.05) is 5.32 Å². The summed E-state index contributed by atoms with van der Waals surface area (Å²) in [6.45, 7) is 0.521. The Labute approximate surface area is 194 Å². The Bertz CT molecular complexity index is 1200. The van der Waals surface area contributed by atoms with Crippen LogP contribution in [0.4, 0.5) is 5.69 Å². The van der Waals surface area contributed by atoms with Crippen molar-refractivity contribution in [1.82, 2.24) is 14.8 Å². The summed E-state index contributed by atoms with van der Waals surface area (Å²) in [4.78, 5) is 17.8. The number of aromatic nitrogens is 3. The molecule has 0 bridgehead atoms. The summed E-state index contributed by atoms with van der Waals surface area (Å²) in [5.74, 6) is 0.503. The molecular weight excluding hydrogens is 451 g/mol. The lowest BCUT2D eigenvalue weighted by Crippen LogP contribution is -2.14. The number of thioether (sulfide) groups is 1. The molecule has 0 spiro atoms. The van der Waals surface area contributed by atoms with Crippen LogP contribution in [0, 0.1) is 0 Å². The van der Waals surface area contributed by atoms with E-state index in [1.165, 1.54) is 6.33 Å². The quantitative estimate of drug-likeness (QED) is 0.329. The van der Waals surface area contributed by atoms with Crippen molar-refractivity contribution in [2.45, 2.75) is 17.2 Å². The average molecular weight is 469 g/mol. The van der Waals surface area contributed by atoms with Crippen LogP contribution < -0.4 is 5.32 Å². The van der Waals surface area contributed by atoms with E-state index in [1.807, 2.05) is 48.5 Å². The van der Waals surface area contributed by atoms with Gasteiger partial charge < -0.3 is 5.32 Å². The van der Waals surface area contributed by atoms with Gasteiger partial charge in [0.15, 0.2) is 0 Å². The Morgan fingerprint density at radius 3 is 2.74 bits per heavy atom. The number of benzene rings is 3. The lowest BCUT2D eigenvalue weighted by Gasteiger charge is -2.12. The third-order valence-corrected chi connectivity index (χ3v) is 6.34. The van der Waals surface area contributed by atoms with Gasteiger partial charge in [-0.15, -0.1) is 11.8 Å². The molecule has 0 aliphatic heterocycles. The predicted octanol–water partition coefficient (Wildman–Crippen LogP) is 6.18. The summed E-state index contributed by atoms with van der Waals surface area (Å²) in [7, 11) is 0. The zero-order chi connectivity index (χ0) is 21.6. The lowest BCUT2D eigenvalue weighted by molar-refractivity contribution is 0.102. The highest BCUT2D eigenvalue weighted by molar-refractivity contribution is 7.98. The minimum atomic E-state index is -0.168. The van der Waals surface area contributed by atoms with Gasteiger partial charge in [-0.2, -0.15) is 5.10 Å². The smallest absolute Gasteiger partial charge is 0.255 e. The molecule has 1 N–H and O–H groups in total. The van der Waals surface area contributed by atoms with Crippen LogP contribution in [0.1, 0.15) is 21.5 Å². The number of para-hydroxylation sites is 1. The molecule has 0 atom stereocenters. The molecule has 1 aromatic heterocycles. The van der Waals surface area contributed by atoms with Gasteiger partial charge in [0, 0.05) is 26.9 Å². The third-order valence-electron chi connectivity index (χ3n) is 4.54. The minimum absolute atomic E-state index is 0.168. The van der Waals surface area contributed by atoms with E-state index in [0.717, 1.165) is 21.7 Å².